The van der Waals surface area contributed by atoms with Crippen LogP contribution in [0.4, 0.5) is 0 Å². The average Bonchev–Trinajstić information content (AvgIpc) is 3.55. The SMILES string of the molecule is COc1ccc(C(=O)N2CCN(Cc3ccc4c(c3)CCO4)CC2)cc1S(=O)(=O)NC1CCCC1. The molecule has 5 rings (SSSR count). The van der Waals surface area contributed by atoms with Crippen molar-refractivity contribution >= 4 is 15.9 Å². The van der Waals surface area contributed by atoms with Gasteiger partial charge in [-0.15, -0.1) is 0 Å². The summed E-state index contributed by atoms with van der Waals surface area (Å²) in [6.45, 7) is 4.33. The molecule has 0 unspecified atom stereocenters. The zero-order valence-electron chi connectivity index (χ0n) is 20.2. The third kappa shape index (κ3) is 5.32. The highest BCUT2D eigenvalue weighted by Crippen LogP contribution is 2.29. The Balaban J connectivity index is 1.23. The van der Waals surface area contributed by atoms with Crippen molar-refractivity contribution < 1.29 is 22.7 Å². The molecule has 1 amide bonds. The summed E-state index contributed by atoms with van der Waals surface area (Å²) in [6.07, 6.45) is 4.68. The molecule has 2 aliphatic heterocycles. The summed E-state index contributed by atoms with van der Waals surface area (Å²) in [5, 5.41) is 0. The van der Waals surface area contributed by atoms with Crippen LogP contribution in [-0.2, 0) is 23.0 Å². The van der Waals surface area contributed by atoms with Crippen molar-refractivity contribution in [3.63, 3.8) is 0 Å². The molecule has 2 aromatic rings. The van der Waals surface area contributed by atoms with Crippen LogP contribution < -0.4 is 14.2 Å². The van der Waals surface area contributed by atoms with Gasteiger partial charge in [0.2, 0.25) is 10.0 Å². The zero-order valence-corrected chi connectivity index (χ0v) is 21.0. The van der Waals surface area contributed by atoms with Crippen molar-refractivity contribution in [3.8, 4) is 11.5 Å². The second-order valence-corrected chi connectivity index (χ2v) is 11.3. The van der Waals surface area contributed by atoms with Crippen molar-refractivity contribution in [3.05, 3.63) is 53.1 Å². The molecule has 1 aliphatic carbocycles. The van der Waals surface area contributed by atoms with Gasteiger partial charge in [-0.3, -0.25) is 9.69 Å². The molecule has 1 saturated carbocycles. The number of piperazine rings is 1. The van der Waals surface area contributed by atoms with Crippen LogP contribution in [0.15, 0.2) is 41.3 Å². The van der Waals surface area contributed by atoms with Crippen LogP contribution >= 0.6 is 0 Å². The first-order valence-electron chi connectivity index (χ1n) is 12.4. The van der Waals surface area contributed by atoms with E-state index in [0.717, 1.165) is 64.1 Å². The maximum atomic E-state index is 13.3. The van der Waals surface area contributed by atoms with Gasteiger partial charge in [-0.25, -0.2) is 13.1 Å². The number of benzene rings is 2. The van der Waals surface area contributed by atoms with Gasteiger partial charge >= 0.3 is 0 Å². The minimum atomic E-state index is -3.78. The van der Waals surface area contributed by atoms with Gasteiger partial charge in [0.05, 0.1) is 13.7 Å². The van der Waals surface area contributed by atoms with Crippen LogP contribution in [0.25, 0.3) is 0 Å². The Morgan fingerprint density at radius 3 is 2.60 bits per heavy atom. The first-order chi connectivity index (χ1) is 16.9. The van der Waals surface area contributed by atoms with Gasteiger partial charge in [0.1, 0.15) is 16.4 Å². The molecular formula is C26H33N3O5S. The fourth-order valence-corrected chi connectivity index (χ4v) is 6.73. The Morgan fingerprint density at radius 1 is 1.09 bits per heavy atom. The number of nitrogens with zero attached hydrogens (tertiary/aromatic N) is 2. The maximum Gasteiger partial charge on any atom is 0.253 e. The van der Waals surface area contributed by atoms with Crippen molar-refractivity contribution in [1.29, 1.82) is 0 Å². The lowest BCUT2D eigenvalue weighted by molar-refractivity contribution is 0.0628. The first-order valence-corrected chi connectivity index (χ1v) is 13.9. The molecule has 0 atom stereocenters. The third-order valence-electron chi connectivity index (χ3n) is 7.20. The van der Waals surface area contributed by atoms with E-state index >= 15 is 0 Å². The Kier molecular flexibility index (Phi) is 7.00. The molecule has 0 radical (unpaired) electrons. The zero-order chi connectivity index (χ0) is 24.4. The van der Waals surface area contributed by atoms with E-state index in [1.54, 1.807) is 17.0 Å². The van der Waals surface area contributed by atoms with Crippen LogP contribution in [0.1, 0.15) is 47.2 Å². The topological polar surface area (TPSA) is 88.2 Å². The standard InChI is InChI=1S/C26H33N3O5S/c1-33-24-9-7-21(17-25(24)35(31,32)27-22-4-2-3-5-22)26(30)29-13-11-28(12-14-29)18-19-6-8-23-20(16-19)10-15-34-23/h6-9,16-17,22,27H,2-5,10-15,18H2,1H3. The summed E-state index contributed by atoms with van der Waals surface area (Å²) in [5.41, 5.74) is 2.89. The van der Waals surface area contributed by atoms with Gasteiger partial charge in [0, 0.05) is 50.7 Å². The molecule has 0 aromatic heterocycles. The number of carbonyl (C=O) groups is 1. The van der Waals surface area contributed by atoms with E-state index in [-0.39, 0.29) is 22.6 Å². The number of methoxy groups -OCH3 is 1. The number of hydrogen-bond donors (Lipinski definition) is 1. The lowest BCUT2D eigenvalue weighted by Gasteiger charge is -2.35. The Labute approximate surface area is 207 Å². The Bertz CT molecular complexity index is 1190. The molecule has 35 heavy (non-hydrogen) atoms. The van der Waals surface area contributed by atoms with Crippen LogP contribution in [0.3, 0.4) is 0 Å². The molecule has 1 N–H and O–H groups in total. The third-order valence-corrected chi connectivity index (χ3v) is 8.74. The molecule has 2 heterocycles. The summed E-state index contributed by atoms with van der Waals surface area (Å²) in [4.78, 5) is 17.4. The number of hydrogen-bond acceptors (Lipinski definition) is 6. The van der Waals surface area contributed by atoms with Crippen molar-refractivity contribution in [2.75, 3.05) is 39.9 Å². The maximum absolute atomic E-state index is 13.3. The van der Waals surface area contributed by atoms with E-state index in [4.69, 9.17) is 9.47 Å². The lowest BCUT2D eigenvalue weighted by atomic mass is 10.1. The second kappa shape index (κ2) is 10.2. The smallest absolute Gasteiger partial charge is 0.253 e. The summed E-state index contributed by atoms with van der Waals surface area (Å²) < 4.78 is 39.9. The predicted octanol–water partition coefficient (Wildman–Crippen LogP) is 2.81. The Morgan fingerprint density at radius 2 is 1.86 bits per heavy atom. The van der Waals surface area contributed by atoms with E-state index < -0.39 is 10.0 Å². The van der Waals surface area contributed by atoms with Gasteiger partial charge in [-0.1, -0.05) is 25.0 Å². The number of nitrogens with one attached hydrogen (secondary N) is 1. The van der Waals surface area contributed by atoms with Crippen LogP contribution in [-0.4, -0.2) is 70.1 Å². The van der Waals surface area contributed by atoms with Crippen molar-refractivity contribution in [2.24, 2.45) is 0 Å². The first kappa shape index (κ1) is 24.1. The predicted molar refractivity (Wildman–Crippen MR) is 132 cm³/mol. The van der Waals surface area contributed by atoms with Gasteiger partial charge in [0.15, 0.2) is 0 Å². The molecule has 3 aliphatic rings. The average molecular weight is 500 g/mol. The molecule has 8 nitrogen and oxygen atoms in total. The number of amides is 1. The summed E-state index contributed by atoms with van der Waals surface area (Å²) in [7, 11) is -2.34. The highest BCUT2D eigenvalue weighted by molar-refractivity contribution is 7.89. The van der Waals surface area contributed by atoms with Crippen LogP contribution in [0, 0.1) is 0 Å². The van der Waals surface area contributed by atoms with Gasteiger partial charge < -0.3 is 14.4 Å². The Hall–Kier alpha value is -2.62. The molecule has 188 valence electrons. The quantitative estimate of drug-likeness (QED) is 0.630. The summed E-state index contributed by atoms with van der Waals surface area (Å²) in [5.74, 6) is 1.08. The van der Waals surface area contributed by atoms with E-state index in [1.807, 2.05) is 6.07 Å². The fraction of sp³-hybridized carbons (Fsp3) is 0.500. The molecule has 1 saturated heterocycles. The van der Waals surface area contributed by atoms with Crippen molar-refractivity contribution in [2.45, 2.75) is 49.6 Å². The van der Waals surface area contributed by atoms with E-state index in [9.17, 15) is 13.2 Å². The highest BCUT2D eigenvalue weighted by Gasteiger charge is 2.28. The number of sulfonamides is 1. The molecular weight excluding hydrogens is 466 g/mol. The molecule has 2 aromatic carbocycles. The second-order valence-electron chi connectivity index (χ2n) is 9.58. The van der Waals surface area contributed by atoms with E-state index in [0.29, 0.717) is 18.7 Å². The lowest BCUT2D eigenvalue weighted by Crippen LogP contribution is -2.48. The van der Waals surface area contributed by atoms with Crippen molar-refractivity contribution in [1.82, 2.24) is 14.5 Å². The van der Waals surface area contributed by atoms with Crippen LogP contribution in [0.5, 0.6) is 11.5 Å². The minimum absolute atomic E-state index is 0.0250. The van der Waals surface area contributed by atoms with Gasteiger partial charge in [-0.05, 0) is 48.2 Å². The number of rotatable bonds is 7. The molecule has 0 bridgehead atoms. The normalized spacial score (nSPS) is 18.9. The summed E-state index contributed by atoms with van der Waals surface area (Å²) in [6, 6.07) is 11.0. The monoisotopic (exact) mass is 499 g/mol. The minimum Gasteiger partial charge on any atom is -0.495 e. The molecule has 0 spiro atoms. The number of carbonyl (C=O) groups excluding carboxylic acids is 1. The molecule has 2 fully saturated rings. The number of ether oxygens (including phenoxy) is 2. The summed E-state index contributed by atoms with van der Waals surface area (Å²) >= 11 is 0. The van der Waals surface area contributed by atoms with Gasteiger partial charge in [-0.2, -0.15) is 0 Å². The van der Waals surface area contributed by atoms with Gasteiger partial charge in [0.25, 0.3) is 5.91 Å². The van der Waals surface area contributed by atoms with Crippen LogP contribution in [0.2, 0.25) is 0 Å². The van der Waals surface area contributed by atoms with E-state index in [1.165, 1.54) is 24.3 Å². The fourth-order valence-electron chi connectivity index (χ4n) is 5.23. The largest absolute Gasteiger partial charge is 0.495 e. The molecule has 9 heteroatoms. The highest BCUT2D eigenvalue weighted by atomic mass is 32.2. The van der Waals surface area contributed by atoms with E-state index in [2.05, 4.69) is 21.8 Å². The number of fused-ring (bicyclic) bond motifs is 1.